The number of aliphatic carboxylic acids is 1. The first-order valence-corrected chi connectivity index (χ1v) is 4.51. The van der Waals surface area contributed by atoms with E-state index in [1.807, 2.05) is 24.3 Å². The van der Waals surface area contributed by atoms with Gasteiger partial charge in [-0.1, -0.05) is 24.3 Å². The van der Waals surface area contributed by atoms with Crippen LogP contribution in [0.2, 0.25) is 0 Å². The van der Waals surface area contributed by atoms with E-state index < -0.39 is 5.97 Å². The van der Waals surface area contributed by atoms with Crippen LogP contribution in [0, 0.1) is 0 Å². The Hall–Kier alpha value is -1.77. The molecule has 0 spiro atoms. The highest BCUT2D eigenvalue weighted by Crippen LogP contribution is 2.31. The third kappa shape index (κ3) is 1.62. The molecular formula is C11H11NO2. The first-order chi connectivity index (χ1) is 6.77. The van der Waals surface area contributed by atoms with Crippen molar-refractivity contribution in [3.8, 4) is 0 Å². The van der Waals surface area contributed by atoms with Crippen molar-refractivity contribution in [1.82, 2.24) is 0 Å². The highest BCUT2D eigenvalue weighted by Gasteiger charge is 2.18. The number of carbonyl (C=O) groups is 1. The van der Waals surface area contributed by atoms with Gasteiger partial charge in [-0.25, -0.2) is 4.79 Å². The number of carboxylic acid groups (broad SMARTS) is 1. The van der Waals surface area contributed by atoms with Crippen molar-refractivity contribution in [1.29, 1.82) is 0 Å². The van der Waals surface area contributed by atoms with E-state index >= 15 is 0 Å². The minimum atomic E-state index is -0.894. The van der Waals surface area contributed by atoms with Crippen LogP contribution in [0.3, 0.4) is 0 Å². The molecule has 0 amide bonds. The highest BCUT2D eigenvalue weighted by molar-refractivity contribution is 5.80. The van der Waals surface area contributed by atoms with Crippen LogP contribution in [-0.4, -0.2) is 17.6 Å². The van der Waals surface area contributed by atoms with Gasteiger partial charge in [-0.15, -0.1) is 0 Å². The SMILES string of the molecule is O=C(O)C=CC1CNc2ccccc21. The molecular weight excluding hydrogens is 178 g/mol. The molecule has 1 unspecified atom stereocenters. The molecule has 0 radical (unpaired) electrons. The van der Waals surface area contributed by atoms with E-state index in [0.717, 1.165) is 12.2 Å². The number of carboxylic acids is 1. The molecule has 14 heavy (non-hydrogen) atoms. The quantitative estimate of drug-likeness (QED) is 0.698. The first kappa shape index (κ1) is 8.81. The second-order valence-electron chi connectivity index (χ2n) is 3.27. The van der Waals surface area contributed by atoms with Gasteiger partial charge in [-0.05, 0) is 11.6 Å². The molecule has 1 aliphatic heterocycles. The molecule has 0 saturated carbocycles. The molecule has 72 valence electrons. The topological polar surface area (TPSA) is 49.3 Å². The van der Waals surface area contributed by atoms with E-state index in [1.54, 1.807) is 6.08 Å². The Balaban J connectivity index is 2.22. The lowest BCUT2D eigenvalue weighted by molar-refractivity contribution is -0.131. The van der Waals surface area contributed by atoms with Crippen molar-refractivity contribution in [2.45, 2.75) is 5.92 Å². The monoisotopic (exact) mass is 189 g/mol. The first-order valence-electron chi connectivity index (χ1n) is 4.51. The summed E-state index contributed by atoms with van der Waals surface area (Å²) in [5.41, 5.74) is 2.28. The van der Waals surface area contributed by atoms with Gasteiger partial charge >= 0.3 is 5.97 Å². The van der Waals surface area contributed by atoms with Crippen LogP contribution in [-0.2, 0) is 4.79 Å². The number of benzene rings is 1. The molecule has 0 aromatic heterocycles. The summed E-state index contributed by atoms with van der Waals surface area (Å²) >= 11 is 0. The summed E-state index contributed by atoms with van der Waals surface area (Å²) in [7, 11) is 0. The Morgan fingerprint density at radius 2 is 2.29 bits per heavy atom. The lowest BCUT2D eigenvalue weighted by atomic mass is 10.0. The molecule has 2 N–H and O–H groups in total. The Labute approximate surface area is 82.1 Å². The molecule has 1 heterocycles. The zero-order chi connectivity index (χ0) is 9.97. The second kappa shape index (κ2) is 3.54. The highest BCUT2D eigenvalue weighted by atomic mass is 16.4. The third-order valence-electron chi connectivity index (χ3n) is 2.34. The molecule has 1 aliphatic rings. The van der Waals surface area contributed by atoms with Crippen molar-refractivity contribution >= 4 is 11.7 Å². The number of hydrogen-bond acceptors (Lipinski definition) is 2. The predicted octanol–water partition coefficient (Wildman–Crippen LogP) is 1.84. The van der Waals surface area contributed by atoms with E-state index in [0.29, 0.717) is 0 Å². The lowest BCUT2D eigenvalue weighted by Gasteiger charge is -2.01. The van der Waals surface area contributed by atoms with Gasteiger partial charge in [0.25, 0.3) is 0 Å². The van der Waals surface area contributed by atoms with Crippen LogP contribution in [0.15, 0.2) is 36.4 Å². The van der Waals surface area contributed by atoms with Gasteiger partial charge < -0.3 is 10.4 Å². The van der Waals surface area contributed by atoms with Crippen LogP contribution in [0.25, 0.3) is 0 Å². The molecule has 3 nitrogen and oxygen atoms in total. The normalized spacial score (nSPS) is 19.3. The van der Waals surface area contributed by atoms with Gasteiger partial charge in [0.15, 0.2) is 0 Å². The summed E-state index contributed by atoms with van der Waals surface area (Å²) in [6.45, 7) is 0.781. The number of anilines is 1. The van der Waals surface area contributed by atoms with Crippen molar-refractivity contribution in [2.75, 3.05) is 11.9 Å². The zero-order valence-electron chi connectivity index (χ0n) is 7.60. The van der Waals surface area contributed by atoms with Gasteiger partial charge in [0.1, 0.15) is 0 Å². The number of para-hydroxylation sites is 1. The molecule has 0 aliphatic carbocycles. The second-order valence-corrected chi connectivity index (χ2v) is 3.27. The maximum atomic E-state index is 10.4. The average molecular weight is 189 g/mol. The van der Waals surface area contributed by atoms with E-state index in [2.05, 4.69) is 5.32 Å². The number of rotatable bonds is 2. The van der Waals surface area contributed by atoms with Crippen molar-refractivity contribution < 1.29 is 9.90 Å². The van der Waals surface area contributed by atoms with Crippen molar-refractivity contribution in [3.63, 3.8) is 0 Å². The fourth-order valence-corrected chi connectivity index (χ4v) is 1.68. The molecule has 1 aromatic carbocycles. The van der Waals surface area contributed by atoms with Gasteiger partial charge in [0.05, 0.1) is 0 Å². The van der Waals surface area contributed by atoms with E-state index in [1.165, 1.54) is 11.6 Å². The van der Waals surface area contributed by atoms with Crippen LogP contribution in [0.5, 0.6) is 0 Å². The van der Waals surface area contributed by atoms with Crippen LogP contribution in [0.1, 0.15) is 11.5 Å². The predicted molar refractivity (Wildman–Crippen MR) is 54.4 cm³/mol. The Morgan fingerprint density at radius 1 is 1.50 bits per heavy atom. The number of hydrogen-bond donors (Lipinski definition) is 2. The largest absolute Gasteiger partial charge is 0.478 e. The van der Waals surface area contributed by atoms with Crippen LogP contribution >= 0.6 is 0 Å². The minimum absolute atomic E-state index is 0.183. The summed E-state index contributed by atoms with van der Waals surface area (Å²) in [5.74, 6) is -0.711. The zero-order valence-corrected chi connectivity index (χ0v) is 7.60. The van der Waals surface area contributed by atoms with E-state index in [-0.39, 0.29) is 5.92 Å². The van der Waals surface area contributed by atoms with Crippen LogP contribution < -0.4 is 5.32 Å². The summed E-state index contributed by atoms with van der Waals surface area (Å²) in [5, 5.41) is 11.7. The Bertz CT molecular complexity index is 385. The molecule has 0 saturated heterocycles. The molecule has 1 atom stereocenters. The van der Waals surface area contributed by atoms with Crippen molar-refractivity contribution in [2.24, 2.45) is 0 Å². The molecule has 0 bridgehead atoms. The van der Waals surface area contributed by atoms with E-state index in [9.17, 15) is 4.79 Å². The smallest absolute Gasteiger partial charge is 0.327 e. The fourth-order valence-electron chi connectivity index (χ4n) is 1.68. The number of nitrogens with one attached hydrogen (secondary N) is 1. The Morgan fingerprint density at radius 3 is 3.07 bits per heavy atom. The molecule has 3 heteroatoms. The van der Waals surface area contributed by atoms with Gasteiger partial charge in [-0.3, -0.25) is 0 Å². The maximum Gasteiger partial charge on any atom is 0.327 e. The molecule has 0 fully saturated rings. The number of fused-ring (bicyclic) bond motifs is 1. The summed E-state index contributed by atoms with van der Waals surface area (Å²) in [4.78, 5) is 10.4. The Kier molecular flexibility index (Phi) is 2.23. The average Bonchev–Trinajstić information content (AvgIpc) is 2.58. The summed E-state index contributed by atoms with van der Waals surface area (Å²) in [6.07, 6.45) is 2.93. The van der Waals surface area contributed by atoms with Gasteiger partial charge in [-0.2, -0.15) is 0 Å². The third-order valence-corrected chi connectivity index (χ3v) is 2.34. The van der Waals surface area contributed by atoms with Gasteiger partial charge in [0, 0.05) is 24.2 Å². The standard InChI is InChI=1S/C11H11NO2/c13-11(14)6-5-8-7-12-10-4-2-1-3-9(8)10/h1-6,8,12H,7H2,(H,13,14). The fraction of sp³-hybridized carbons (Fsp3) is 0.182. The maximum absolute atomic E-state index is 10.4. The molecule has 2 rings (SSSR count). The lowest BCUT2D eigenvalue weighted by Crippen LogP contribution is -1.99. The molecule has 1 aromatic rings. The summed E-state index contributed by atoms with van der Waals surface area (Å²) in [6, 6.07) is 7.96. The van der Waals surface area contributed by atoms with Crippen molar-refractivity contribution in [3.05, 3.63) is 42.0 Å². The van der Waals surface area contributed by atoms with Crippen LogP contribution in [0.4, 0.5) is 5.69 Å². The van der Waals surface area contributed by atoms with Gasteiger partial charge in [0.2, 0.25) is 0 Å². The minimum Gasteiger partial charge on any atom is -0.478 e. The van der Waals surface area contributed by atoms with E-state index in [4.69, 9.17) is 5.11 Å². The summed E-state index contributed by atoms with van der Waals surface area (Å²) < 4.78 is 0.